The first-order valence-electron chi connectivity index (χ1n) is 7.73. The number of halogens is 3. The van der Waals surface area contributed by atoms with Gasteiger partial charge in [-0.15, -0.1) is 0 Å². The summed E-state index contributed by atoms with van der Waals surface area (Å²) in [5.74, 6) is -0.130. The smallest absolute Gasteiger partial charge is 0.412 e. The van der Waals surface area contributed by atoms with Crippen LogP contribution in [0.4, 0.5) is 13.2 Å². The van der Waals surface area contributed by atoms with Crippen LogP contribution in [0.2, 0.25) is 0 Å². The maximum Gasteiger partial charge on any atom is 0.416 e. The van der Waals surface area contributed by atoms with Crippen LogP contribution in [0, 0.1) is 0 Å². The molecule has 0 radical (unpaired) electrons. The van der Waals surface area contributed by atoms with Gasteiger partial charge in [0, 0.05) is 32.4 Å². The van der Waals surface area contributed by atoms with Gasteiger partial charge in [-0.1, -0.05) is 6.07 Å². The maximum atomic E-state index is 12.8. The molecule has 3 rings (SSSR count). The average Bonchev–Trinajstić information content (AvgIpc) is 2.99. The van der Waals surface area contributed by atoms with Crippen molar-refractivity contribution in [2.75, 3.05) is 26.2 Å². The summed E-state index contributed by atoms with van der Waals surface area (Å²) < 4.78 is 69.7. The van der Waals surface area contributed by atoms with Crippen molar-refractivity contribution in [3.05, 3.63) is 52.3 Å². The summed E-state index contributed by atoms with van der Waals surface area (Å²) in [6, 6.07) is 3.73. The standard InChI is InChI=1S/C15H16F3N3O4S/c16-15(17,18)11-2-1-3-13(8-11)26(23,24)21-6-4-20(5-7-21)10-12-9-19-14(22)25-12/h1-3,8-9H,4-7,10H2,(H,19,22). The molecular formula is C15H16F3N3O4S. The molecule has 7 nitrogen and oxygen atoms in total. The second-order valence-corrected chi connectivity index (χ2v) is 7.79. The van der Waals surface area contributed by atoms with Gasteiger partial charge in [-0.05, 0) is 18.2 Å². The number of rotatable bonds is 4. The van der Waals surface area contributed by atoms with E-state index in [4.69, 9.17) is 4.42 Å². The number of H-pyrrole nitrogens is 1. The van der Waals surface area contributed by atoms with E-state index in [-0.39, 0.29) is 18.0 Å². The van der Waals surface area contributed by atoms with Gasteiger partial charge in [-0.25, -0.2) is 13.2 Å². The van der Waals surface area contributed by atoms with Gasteiger partial charge < -0.3 is 4.42 Å². The minimum absolute atomic E-state index is 0.132. The number of hydrogen-bond acceptors (Lipinski definition) is 5. The van der Waals surface area contributed by atoms with Gasteiger partial charge in [0.05, 0.1) is 17.0 Å². The van der Waals surface area contributed by atoms with Crippen LogP contribution >= 0.6 is 0 Å². The Morgan fingerprint density at radius 2 is 1.85 bits per heavy atom. The third-order valence-corrected chi connectivity index (χ3v) is 5.98. The molecular weight excluding hydrogens is 375 g/mol. The van der Waals surface area contributed by atoms with Crippen LogP contribution in [-0.4, -0.2) is 48.8 Å². The molecule has 1 aliphatic heterocycles. The van der Waals surface area contributed by atoms with Crippen molar-refractivity contribution in [3.63, 3.8) is 0 Å². The monoisotopic (exact) mass is 391 g/mol. The number of nitrogens with zero attached hydrogens (tertiary/aromatic N) is 2. The Bertz CT molecular complexity index is 928. The normalized spacial score (nSPS) is 17.5. The van der Waals surface area contributed by atoms with E-state index < -0.39 is 27.5 Å². The summed E-state index contributed by atoms with van der Waals surface area (Å²) in [6.07, 6.45) is -3.17. The molecule has 2 aromatic rings. The molecule has 2 heterocycles. The van der Waals surface area contributed by atoms with Gasteiger partial charge in [-0.2, -0.15) is 17.5 Å². The summed E-state index contributed by atoms with van der Waals surface area (Å²) >= 11 is 0. The van der Waals surface area contributed by atoms with Crippen LogP contribution in [0.15, 0.2) is 44.6 Å². The Kier molecular flexibility index (Phi) is 4.95. The number of benzene rings is 1. The second kappa shape index (κ2) is 6.89. The van der Waals surface area contributed by atoms with E-state index in [1.54, 1.807) is 0 Å². The molecule has 1 aliphatic rings. The van der Waals surface area contributed by atoms with Crippen LogP contribution in [-0.2, 0) is 22.7 Å². The molecule has 1 aromatic carbocycles. The Morgan fingerprint density at radius 1 is 1.15 bits per heavy atom. The van der Waals surface area contributed by atoms with E-state index in [0.717, 1.165) is 22.5 Å². The third kappa shape index (κ3) is 4.00. The Labute approximate surface area is 147 Å². The van der Waals surface area contributed by atoms with E-state index in [0.29, 0.717) is 31.5 Å². The van der Waals surface area contributed by atoms with Gasteiger partial charge in [0.25, 0.3) is 0 Å². The first kappa shape index (κ1) is 18.7. The minimum atomic E-state index is -4.61. The third-order valence-electron chi connectivity index (χ3n) is 4.08. The van der Waals surface area contributed by atoms with E-state index in [2.05, 4.69) is 4.98 Å². The zero-order valence-electron chi connectivity index (χ0n) is 13.5. The topological polar surface area (TPSA) is 86.6 Å². The summed E-state index contributed by atoms with van der Waals surface area (Å²) in [4.78, 5) is 14.9. The highest BCUT2D eigenvalue weighted by Gasteiger charge is 2.34. The van der Waals surface area contributed by atoms with Crippen molar-refractivity contribution in [1.29, 1.82) is 0 Å². The van der Waals surface area contributed by atoms with Crippen LogP contribution in [0.3, 0.4) is 0 Å². The fraction of sp³-hybridized carbons (Fsp3) is 0.400. The molecule has 1 aromatic heterocycles. The number of sulfonamides is 1. The Morgan fingerprint density at radius 3 is 2.42 bits per heavy atom. The summed E-state index contributed by atoms with van der Waals surface area (Å²) in [5.41, 5.74) is -1.00. The number of oxazole rings is 1. The molecule has 0 saturated carbocycles. The van der Waals surface area contributed by atoms with Crippen molar-refractivity contribution in [3.8, 4) is 0 Å². The van der Waals surface area contributed by atoms with Crippen molar-refractivity contribution < 1.29 is 26.0 Å². The van der Waals surface area contributed by atoms with Crippen LogP contribution in [0.1, 0.15) is 11.3 Å². The molecule has 1 N–H and O–H groups in total. The van der Waals surface area contributed by atoms with Crippen molar-refractivity contribution >= 4 is 10.0 Å². The molecule has 0 bridgehead atoms. The number of aromatic nitrogens is 1. The predicted octanol–water partition coefficient (Wildman–Crippen LogP) is 1.49. The van der Waals surface area contributed by atoms with Crippen molar-refractivity contribution in [2.24, 2.45) is 0 Å². The molecule has 0 atom stereocenters. The Hall–Kier alpha value is -2.11. The summed E-state index contributed by atoms with van der Waals surface area (Å²) in [5, 5.41) is 0. The molecule has 142 valence electrons. The zero-order chi connectivity index (χ0) is 18.9. The lowest BCUT2D eigenvalue weighted by molar-refractivity contribution is -0.137. The van der Waals surface area contributed by atoms with Crippen LogP contribution < -0.4 is 5.76 Å². The van der Waals surface area contributed by atoms with Gasteiger partial charge >= 0.3 is 11.9 Å². The lowest BCUT2D eigenvalue weighted by Crippen LogP contribution is -2.48. The predicted molar refractivity (Wildman–Crippen MR) is 84.8 cm³/mol. The number of piperazine rings is 1. The summed E-state index contributed by atoms with van der Waals surface area (Å²) in [7, 11) is -4.01. The zero-order valence-corrected chi connectivity index (χ0v) is 14.3. The van der Waals surface area contributed by atoms with Gasteiger partial charge in [0.15, 0.2) is 0 Å². The first-order chi connectivity index (χ1) is 12.2. The molecule has 0 aliphatic carbocycles. The second-order valence-electron chi connectivity index (χ2n) is 5.85. The number of aromatic amines is 1. The first-order valence-corrected chi connectivity index (χ1v) is 9.17. The lowest BCUT2D eigenvalue weighted by atomic mass is 10.2. The molecule has 0 unspecified atom stereocenters. The van der Waals surface area contributed by atoms with E-state index in [1.165, 1.54) is 6.20 Å². The average molecular weight is 391 g/mol. The molecule has 1 saturated heterocycles. The van der Waals surface area contributed by atoms with E-state index >= 15 is 0 Å². The fourth-order valence-electron chi connectivity index (χ4n) is 2.73. The summed E-state index contributed by atoms with van der Waals surface area (Å²) in [6.45, 7) is 1.34. The van der Waals surface area contributed by atoms with Gasteiger partial charge in [0.2, 0.25) is 10.0 Å². The highest BCUT2D eigenvalue weighted by Crippen LogP contribution is 2.31. The molecule has 11 heteroatoms. The molecule has 26 heavy (non-hydrogen) atoms. The molecule has 1 fully saturated rings. The number of hydrogen-bond donors (Lipinski definition) is 1. The quantitative estimate of drug-likeness (QED) is 0.854. The van der Waals surface area contributed by atoms with Gasteiger partial charge in [-0.3, -0.25) is 9.88 Å². The van der Waals surface area contributed by atoms with Crippen LogP contribution in [0.25, 0.3) is 0 Å². The highest BCUT2D eigenvalue weighted by molar-refractivity contribution is 7.89. The Balaban J connectivity index is 1.69. The fourth-order valence-corrected chi connectivity index (χ4v) is 4.19. The van der Waals surface area contributed by atoms with Crippen molar-refractivity contribution in [1.82, 2.24) is 14.2 Å². The molecule has 0 spiro atoms. The van der Waals surface area contributed by atoms with Gasteiger partial charge in [0.1, 0.15) is 5.76 Å². The largest absolute Gasteiger partial charge is 0.416 e. The van der Waals surface area contributed by atoms with E-state index in [1.807, 2.05) is 4.90 Å². The number of alkyl halides is 3. The van der Waals surface area contributed by atoms with Crippen molar-refractivity contribution in [2.45, 2.75) is 17.6 Å². The SMILES string of the molecule is O=c1[nH]cc(CN2CCN(S(=O)(=O)c3cccc(C(F)(F)F)c3)CC2)o1. The molecule has 0 amide bonds. The maximum absolute atomic E-state index is 12.8. The van der Waals surface area contributed by atoms with Crippen LogP contribution in [0.5, 0.6) is 0 Å². The van der Waals surface area contributed by atoms with E-state index in [9.17, 15) is 26.4 Å². The number of nitrogens with one attached hydrogen (secondary N) is 1. The highest BCUT2D eigenvalue weighted by atomic mass is 32.2. The minimum Gasteiger partial charge on any atom is -0.412 e. The lowest BCUT2D eigenvalue weighted by Gasteiger charge is -2.33.